The maximum Gasteiger partial charge on any atom is 0.253 e. The predicted molar refractivity (Wildman–Crippen MR) is 97.9 cm³/mol. The van der Waals surface area contributed by atoms with Gasteiger partial charge in [0.25, 0.3) is 5.91 Å². The number of hydrogen-bond acceptors (Lipinski definition) is 2. The molecule has 2 aromatic rings. The molecule has 0 radical (unpaired) electrons. The van der Waals surface area contributed by atoms with Crippen LogP contribution in [-0.2, 0) is 13.1 Å². The fourth-order valence-electron chi connectivity index (χ4n) is 3.30. The lowest BCUT2D eigenvalue weighted by atomic mass is 10.1. The van der Waals surface area contributed by atoms with Crippen molar-refractivity contribution < 1.29 is 4.79 Å². The number of nitrogens with zero attached hydrogens (tertiary/aromatic N) is 2. The van der Waals surface area contributed by atoms with Crippen LogP contribution in [0.25, 0.3) is 0 Å². The van der Waals surface area contributed by atoms with Crippen molar-refractivity contribution in [3.05, 3.63) is 70.8 Å². The van der Waals surface area contributed by atoms with Crippen LogP contribution in [0.15, 0.2) is 48.5 Å². The molecular weight excluding hydrogens is 296 g/mol. The molecule has 0 unspecified atom stereocenters. The van der Waals surface area contributed by atoms with E-state index in [1.54, 1.807) is 0 Å². The summed E-state index contributed by atoms with van der Waals surface area (Å²) in [7, 11) is 2.13. The minimum Gasteiger partial charge on any atom is -0.339 e. The van der Waals surface area contributed by atoms with E-state index in [0.29, 0.717) is 0 Å². The molecule has 0 atom stereocenters. The maximum absolute atomic E-state index is 12.4. The van der Waals surface area contributed by atoms with E-state index in [9.17, 15) is 4.79 Å². The highest BCUT2D eigenvalue weighted by atomic mass is 16.2. The van der Waals surface area contributed by atoms with E-state index in [4.69, 9.17) is 0 Å². The number of carbonyl (C=O) groups excluding carboxylic acids is 1. The zero-order valence-electron chi connectivity index (χ0n) is 14.7. The molecule has 2 aromatic carbocycles. The summed E-state index contributed by atoms with van der Waals surface area (Å²) >= 11 is 0. The molecule has 126 valence electrons. The third-order valence-corrected chi connectivity index (χ3v) is 4.75. The standard InChI is InChI=1S/C21H26N2O/c1-17-7-3-4-8-20(17)16-22(2)15-18-9-11-19(12-10-18)21(24)23-13-5-6-14-23/h3-4,7-12H,5-6,13-16H2,1-2H3. The summed E-state index contributed by atoms with van der Waals surface area (Å²) in [5, 5.41) is 0. The third kappa shape index (κ3) is 4.04. The Morgan fingerprint density at radius 1 is 1.00 bits per heavy atom. The summed E-state index contributed by atoms with van der Waals surface area (Å²) in [5.41, 5.74) is 4.74. The molecule has 0 spiro atoms. The van der Waals surface area contributed by atoms with Crippen LogP contribution in [0.1, 0.15) is 39.9 Å². The molecule has 1 aliphatic heterocycles. The van der Waals surface area contributed by atoms with Crippen molar-refractivity contribution in [3.63, 3.8) is 0 Å². The molecule has 0 N–H and O–H groups in total. The molecule has 3 rings (SSSR count). The molecule has 24 heavy (non-hydrogen) atoms. The Hall–Kier alpha value is -2.13. The Morgan fingerprint density at radius 3 is 2.33 bits per heavy atom. The van der Waals surface area contributed by atoms with Gasteiger partial charge in [-0.15, -0.1) is 0 Å². The normalized spacial score (nSPS) is 14.4. The summed E-state index contributed by atoms with van der Waals surface area (Å²) < 4.78 is 0. The molecule has 3 nitrogen and oxygen atoms in total. The molecule has 1 aliphatic rings. The first-order valence-corrected chi connectivity index (χ1v) is 8.75. The topological polar surface area (TPSA) is 23.6 Å². The SMILES string of the molecule is Cc1ccccc1CN(C)Cc1ccc(C(=O)N2CCCC2)cc1. The van der Waals surface area contributed by atoms with Crippen LogP contribution in [0.4, 0.5) is 0 Å². The summed E-state index contributed by atoms with van der Waals surface area (Å²) in [4.78, 5) is 16.6. The van der Waals surface area contributed by atoms with Crippen molar-refractivity contribution >= 4 is 5.91 Å². The van der Waals surface area contributed by atoms with E-state index < -0.39 is 0 Å². The largest absolute Gasteiger partial charge is 0.339 e. The van der Waals surface area contributed by atoms with E-state index >= 15 is 0 Å². The molecule has 1 fully saturated rings. The fraction of sp³-hybridized carbons (Fsp3) is 0.381. The summed E-state index contributed by atoms with van der Waals surface area (Å²) in [6.07, 6.45) is 2.26. The van der Waals surface area contributed by atoms with E-state index in [0.717, 1.165) is 44.6 Å². The molecule has 1 saturated heterocycles. The van der Waals surface area contributed by atoms with Gasteiger partial charge in [0.2, 0.25) is 0 Å². The van der Waals surface area contributed by atoms with Crippen molar-refractivity contribution in [3.8, 4) is 0 Å². The van der Waals surface area contributed by atoms with Crippen LogP contribution in [-0.4, -0.2) is 35.8 Å². The first-order valence-electron chi connectivity index (χ1n) is 8.75. The van der Waals surface area contributed by atoms with Crippen molar-refractivity contribution in [1.29, 1.82) is 0 Å². The highest BCUT2D eigenvalue weighted by molar-refractivity contribution is 5.94. The Kier molecular flexibility index (Phi) is 5.31. The lowest BCUT2D eigenvalue weighted by Crippen LogP contribution is -2.27. The van der Waals surface area contributed by atoms with Crippen molar-refractivity contribution in [2.45, 2.75) is 32.9 Å². The second-order valence-electron chi connectivity index (χ2n) is 6.80. The van der Waals surface area contributed by atoms with Crippen molar-refractivity contribution in [1.82, 2.24) is 9.80 Å². The summed E-state index contributed by atoms with van der Waals surface area (Å²) in [5.74, 6) is 0.173. The molecule has 0 aliphatic carbocycles. The van der Waals surface area contributed by atoms with Crippen LogP contribution in [0, 0.1) is 6.92 Å². The molecule has 1 amide bonds. The minimum absolute atomic E-state index is 0.173. The second-order valence-corrected chi connectivity index (χ2v) is 6.80. The van der Waals surface area contributed by atoms with Gasteiger partial charge in [-0.25, -0.2) is 0 Å². The molecule has 1 heterocycles. The molecular formula is C21H26N2O. The highest BCUT2D eigenvalue weighted by Crippen LogP contribution is 2.15. The lowest BCUT2D eigenvalue weighted by Gasteiger charge is -2.19. The van der Waals surface area contributed by atoms with Crippen molar-refractivity contribution in [2.24, 2.45) is 0 Å². The van der Waals surface area contributed by atoms with Crippen LogP contribution in [0.2, 0.25) is 0 Å². The summed E-state index contributed by atoms with van der Waals surface area (Å²) in [6, 6.07) is 16.6. The molecule has 0 aromatic heterocycles. The average molecular weight is 322 g/mol. The van der Waals surface area contributed by atoms with Gasteiger partial charge < -0.3 is 4.90 Å². The molecule has 0 saturated carbocycles. The van der Waals surface area contributed by atoms with Crippen LogP contribution >= 0.6 is 0 Å². The monoisotopic (exact) mass is 322 g/mol. The van der Waals surface area contributed by atoms with E-state index in [1.165, 1.54) is 16.7 Å². The van der Waals surface area contributed by atoms with Gasteiger partial charge in [0.05, 0.1) is 0 Å². The lowest BCUT2D eigenvalue weighted by molar-refractivity contribution is 0.0793. The first kappa shape index (κ1) is 16.7. The van der Waals surface area contributed by atoms with E-state index in [2.05, 4.69) is 55.3 Å². The number of carbonyl (C=O) groups is 1. The number of benzene rings is 2. The zero-order valence-corrected chi connectivity index (χ0v) is 14.7. The van der Waals surface area contributed by atoms with Gasteiger partial charge in [0.1, 0.15) is 0 Å². The van der Waals surface area contributed by atoms with Gasteiger partial charge in [-0.1, -0.05) is 36.4 Å². The van der Waals surface area contributed by atoms with Crippen molar-refractivity contribution in [2.75, 3.05) is 20.1 Å². The predicted octanol–water partition coefficient (Wildman–Crippen LogP) is 3.86. The maximum atomic E-state index is 12.4. The van der Waals surface area contributed by atoms with Crippen LogP contribution in [0.5, 0.6) is 0 Å². The summed E-state index contributed by atoms with van der Waals surface area (Å²) in [6.45, 7) is 5.77. The average Bonchev–Trinajstić information content (AvgIpc) is 3.11. The number of aryl methyl sites for hydroxylation is 1. The molecule has 3 heteroatoms. The number of likely N-dealkylation sites (tertiary alicyclic amines) is 1. The van der Waals surface area contributed by atoms with Crippen LogP contribution < -0.4 is 0 Å². The minimum atomic E-state index is 0.173. The van der Waals surface area contributed by atoms with E-state index in [-0.39, 0.29) is 5.91 Å². The van der Waals surface area contributed by atoms with Gasteiger partial charge in [-0.2, -0.15) is 0 Å². The van der Waals surface area contributed by atoms with Crippen LogP contribution in [0.3, 0.4) is 0 Å². The smallest absolute Gasteiger partial charge is 0.253 e. The second kappa shape index (κ2) is 7.63. The van der Waals surface area contributed by atoms with Gasteiger partial charge in [-0.05, 0) is 55.6 Å². The Bertz CT molecular complexity index is 687. The third-order valence-electron chi connectivity index (χ3n) is 4.75. The number of hydrogen-bond donors (Lipinski definition) is 0. The molecule has 0 bridgehead atoms. The zero-order chi connectivity index (χ0) is 16.9. The van der Waals surface area contributed by atoms with Gasteiger partial charge in [-0.3, -0.25) is 9.69 Å². The number of amides is 1. The fourth-order valence-corrected chi connectivity index (χ4v) is 3.30. The van der Waals surface area contributed by atoms with Gasteiger partial charge in [0.15, 0.2) is 0 Å². The number of rotatable bonds is 5. The Morgan fingerprint density at radius 2 is 1.67 bits per heavy atom. The highest BCUT2D eigenvalue weighted by Gasteiger charge is 2.19. The van der Waals surface area contributed by atoms with Gasteiger partial charge >= 0.3 is 0 Å². The first-order chi connectivity index (χ1) is 11.6. The quantitative estimate of drug-likeness (QED) is 0.834. The Balaban J connectivity index is 1.59. The van der Waals surface area contributed by atoms with Gasteiger partial charge in [0, 0.05) is 31.7 Å². The Labute approximate surface area is 144 Å². The van der Waals surface area contributed by atoms with E-state index in [1.807, 2.05) is 17.0 Å².